The van der Waals surface area contributed by atoms with Crippen LogP contribution in [0.3, 0.4) is 0 Å². The van der Waals surface area contributed by atoms with Crippen LogP contribution in [-0.4, -0.2) is 51.7 Å². The maximum Gasteiger partial charge on any atom is 0.272 e. The summed E-state index contributed by atoms with van der Waals surface area (Å²) in [6.45, 7) is 6.61. The monoisotopic (exact) mass is 329 g/mol. The summed E-state index contributed by atoms with van der Waals surface area (Å²) in [6, 6.07) is 2.01. The number of aryl methyl sites for hydroxylation is 2. The molecule has 0 aromatic carbocycles. The van der Waals surface area contributed by atoms with Crippen LogP contribution in [0, 0.1) is 0 Å². The van der Waals surface area contributed by atoms with Crippen molar-refractivity contribution in [2.75, 3.05) is 25.1 Å². The predicted octanol–water partition coefficient (Wildman–Crippen LogP) is 1.70. The van der Waals surface area contributed by atoms with Crippen LogP contribution in [-0.2, 0) is 17.7 Å². The molecule has 6 heteroatoms. The molecule has 19 heavy (non-hydrogen) atoms. The molecular weight excluding hydrogens is 310 g/mol. The SMILES string of the molecule is CCc1cc(C(=O)N2CCOCC2CBr)n(CC)n1. The summed E-state index contributed by atoms with van der Waals surface area (Å²) in [7, 11) is 0. The maximum atomic E-state index is 12.7. The molecule has 0 aliphatic carbocycles. The quantitative estimate of drug-likeness (QED) is 0.790. The van der Waals surface area contributed by atoms with Crippen LogP contribution in [0.15, 0.2) is 6.07 Å². The highest BCUT2D eigenvalue weighted by Gasteiger charge is 2.29. The van der Waals surface area contributed by atoms with Crippen LogP contribution in [0.1, 0.15) is 30.0 Å². The van der Waals surface area contributed by atoms with Crippen molar-refractivity contribution in [2.45, 2.75) is 32.9 Å². The van der Waals surface area contributed by atoms with E-state index in [1.807, 2.05) is 24.8 Å². The molecule has 0 N–H and O–H groups in total. The summed E-state index contributed by atoms with van der Waals surface area (Å²) >= 11 is 3.45. The Balaban J connectivity index is 2.24. The summed E-state index contributed by atoms with van der Waals surface area (Å²) in [5.41, 5.74) is 1.65. The molecule has 1 aromatic rings. The van der Waals surface area contributed by atoms with Crippen LogP contribution in [0.2, 0.25) is 0 Å². The van der Waals surface area contributed by atoms with E-state index in [4.69, 9.17) is 4.74 Å². The number of morpholine rings is 1. The first-order valence-corrected chi connectivity index (χ1v) is 7.84. The minimum absolute atomic E-state index is 0.0572. The van der Waals surface area contributed by atoms with Gasteiger partial charge in [-0.2, -0.15) is 5.10 Å². The minimum atomic E-state index is 0.0572. The second kappa shape index (κ2) is 6.52. The number of hydrogen-bond acceptors (Lipinski definition) is 3. The molecule has 1 aromatic heterocycles. The zero-order valence-electron chi connectivity index (χ0n) is 11.4. The molecule has 0 radical (unpaired) electrons. The lowest BCUT2D eigenvalue weighted by Gasteiger charge is -2.34. The maximum absolute atomic E-state index is 12.7. The number of carbonyl (C=O) groups is 1. The van der Waals surface area contributed by atoms with Crippen molar-refractivity contribution in [3.8, 4) is 0 Å². The van der Waals surface area contributed by atoms with Gasteiger partial charge in [0.1, 0.15) is 5.69 Å². The third-order valence-corrected chi connectivity index (χ3v) is 4.13. The first-order valence-electron chi connectivity index (χ1n) is 6.72. The first kappa shape index (κ1) is 14.5. The summed E-state index contributed by atoms with van der Waals surface area (Å²) in [5, 5.41) is 5.18. The molecule has 5 nitrogen and oxygen atoms in total. The number of nitrogens with zero attached hydrogens (tertiary/aromatic N) is 3. The summed E-state index contributed by atoms with van der Waals surface area (Å²) in [4.78, 5) is 14.6. The number of halogens is 1. The first-order chi connectivity index (χ1) is 9.21. The summed E-state index contributed by atoms with van der Waals surface area (Å²) < 4.78 is 7.22. The van der Waals surface area contributed by atoms with Crippen molar-refractivity contribution in [1.29, 1.82) is 0 Å². The lowest BCUT2D eigenvalue weighted by atomic mass is 10.2. The van der Waals surface area contributed by atoms with Gasteiger partial charge in [0.15, 0.2) is 0 Å². The average Bonchev–Trinajstić information content (AvgIpc) is 2.89. The van der Waals surface area contributed by atoms with Gasteiger partial charge in [-0.3, -0.25) is 9.48 Å². The smallest absolute Gasteiger partial charge is 0.272 e. The van der Waals surface area contributed by atoms with Gasteiger partial charge in [0.25, 0.3) is 5.91 Å². The van der Waals surface area contributed by atoms with Crippen molar-refractivity contribution in [3.05, 3.63) is 17.5 Å². The number of aromatic nitrogens is 2. The number of alkyl halides is 1. The van der Waals surface area contributed by atoms with E-state index < -0.39 is 0 Å². The molecule has 1 aliphatic heterocycles. The number of ether oxygens (including phenoxy) is 1. The van der Waals surface area contributed by atoms with Gasteiger partial charge in [0.05, 0.1) is 24.9 Å². The van der Waals surface area contributed by atoms with E-state index in [2.05, 4.69) is 21.0 Å². The molecule has 1 atom stereocenters. The van der Waals surface area contributed by atoms with Crippen LogP contribution in [0.4, 0.5) is 0 Å². The van der Waals surface area contributed by atoms with Gasteiger partial charge in [0, 0.05) is 18.4 Å². The molecule has 1 unspecified atom stereocenters. The third-order valence-electron chi connectivity index (χ3n) is 3.38. The van der Waals surface area contributed by atoms with E-state index in [-0.39, 0.29) is 11.9 Å². The highest BCUT2D eigenvalue weighted by atomic mass is 79.9. The number of hydrogen-bond donors (Lipinski definition) is 0. The van der Waals surface area contributed by atoms with Gasteiger partial charge in [-0.1, -0.05) is 22.9 Å². The lowest BCUT2D eigenvalue weighted by molar-refractivity contribution is 0.00459. The zero-order chi connectivity index (χ0) is 13.8. The van der Waals surface area contributed by atoms with Gasteiger partial charge < -0.3 is 9.64 Å². The van der Waals surface area contributed by atoms with Crippen LogP contribution in [0.5, 0.6) is 0 Å². The van der Waals surface area contributed by atoms with Crippen LogP contribution >= 0.6 is 15.9 Å². The van der Waals surface area contributed by atoms with E-state index in [1.54, 1.807) is 4.68 Å². The van der Waals surface area contributed by atoms with E-state index in [1.165, 1.54) is 0 Å². The number of carbonyl (C=O) groups excluding carboxylic acids is 1. The van der Waals surface area contributed by atoms with Crippen molar-refractivity contribution < 1.29 is 9.53 Å². The second-order valence-corrected chi connectivity index (χ2v) is 5.22. The Morgan fingerprint density at radius 2 is 2.37 bits per heavy atom. The van der Waals surface area contributed by atoms with Gasteiger partial charge in [-0.25, -0.2) is 0 Å². The van der Waals surface area contributed by atoms with Crippen molar-refractivity contribution in [3.63, 3.8) is 0 Å². The standard InChI is InChI=1S/C13H20BrN3O2/c1-3-10-7-12(17(4-2)15-10)13(18)16-5-6-19-9-11(16)8-14/h7,11H,3-6,8-9H2,1-2H3. The van der Waals surface area contributed by atoms with Gasteiger partial charge in [0.2, 0.25) is 0 Å². The largest absolute Gasteiger partial charge is 0.377 e. The molecule has 2 heterocycles. The molecule has 0 spiro atoms. The Morgan fingerprint density at radius 1 is 1.58 bits per heavy atom. The summed E-state index contributed by atoms with van der Waals surface area (Å²) in [5.74, 6) is 0.0572. The predicted molar refractivity (Wildman–Crippen MR) is 76.7 cm³/mol. The fraction of sp³-hybridized carbons (Fsp3) is 0.692. The average molecular weight is 330 g/mol. The highest BCUT2D eigenvalue weighted by Crippen LogP contribution is 2.15. The lowest BCUT2D eigenvalue weighted by Crippen LogP contribution is -2.50. The van der Waals surface area contributed by atoms with Crippen LogP contribution in [0.25, 0.3) is 0 Å². The van der Waals surface area contributed by atoms with E-state index in [0.29, 0.717) is 32.0 Å². The van der Waals surface area contributed by atoms with Crippen LogP contribution < -0.4 is 0 Å². The van der Waals surface area contributed by atoms with Gasteiger partial charge in [-0.15, -0.1) is 0 Å². The van der Waals surface area contributed by atoms with E-state index in [9.17, 15) is 4.79 Å². The second-order valence-electron chi connectivity index (χ2n) is 4.57. The normalized spacial score (nSPS) is 19.7. The Bertz CT molecular complexity index is 447. The van der Waals surface area contributed by atoms with E-state index in [0.717, 1.165) is 17.4 Å². The minimum Gasteiger partial charge on any atom is -0.377 e. The molecule has 1 saturated heterocycles. The molecule has 0 bridgehead atoms. The van der Waals surface area contributed by atoms with Crippen molar-refractivity contribution in [2.24, 2.45) is 0 Å². The Kier molecular flexibility index (Phi) is 4.99. The molecule has 2 rings (SSSR count). The number of rotatable bonds is 4. The zero-order valence-corrected chi connectivity index (χ0v) is 13.0. The Labute approximate surface area is 122 Å². The van der Waals surface area contributed by atoms with Gasteiger partial charge >= 0.3 is 0 Å². The number of amides is 1. The Morgan fingerprint density at radius 3 is 3.00 bits per heavy atom. The fourth-order valence-corrected chi connectivity index (χ4v) is 2.79. The molecule has 1 amide bonds. The van der Waals surface area contributed by atoms with E-state index >= 15 is 0 Å². The Hall–Kier alpha value is -0.880. The van der Waals surface area contributed by atoms with Gasteiger partial charge in [-0.05, 0) is 19.4 Å². The van der Waals surface area contributed by atoms with Crippen molar-refractivity contribution in [1.82, 2.24) is 14.7 Å². The fourth-order valence-electron chi connectivity index (χ4n) is 2.25. The highest BCUT2D eigenvalue weighted by molar-refractivity contribution is 9.09. The molecule has 0 saturated carbocycles. The molecule has 106 valence electrons. The molecule has 1 fully saturated rings. The van der Waals surface area contributed by atoms with Crippen molar-refractivity contribution >= 4 is 21.8 Å². The third kappa shape index (κ3) is 3.00. The summed E-state index contributed by atoms with van der Waals surface area (Å²) in [6.07, 6.45) is 0.846. The topological polar surface area (TPSA) is 47.4 Å². The molecule has 1 aliphatic rings. The molecular formula is C13H20BrN3O2.